The second-order valence-corrected chi connectivity index (χ2v) is 3.47. The van der Waals surface area contributed by atoms with E-state index in [4.69, 9.17) is 5.73 Å². The van der Waals surface area contributed by atoms with Gasteiger partial charge in [0, 0.05) is 18.5 Å². The third-order valence-electron chi connectivity index (χ3n) is 1.45. The molecule has 0 rings (SSSR count). The monoisotopic (exact) mass is 212 g/mol. The van der Waals surface area contributed by atoms with Gasteiger partial charge in [0.1, 0.15) is 0 Å². The van der Waals surface area contributed by atoms with Gasteiger partial charge in [0.15, 0.2) is 0 Å². The van der Waals surface area contributed by atoms with Crippen LogP contribution in [0.2, 0.25) is 0 Å². The molecule has 1 amide bonds. The molecular formula is C8H15F3N2O. The van der Waals surface area contributed by atoms with Crippen molar-refractivity contribution in [1.29, 1.82) is 0 Å². The van der Waals surface area contributed by atoms with E-state index in [1.165, 1.54) is 6.92 Å². The highest BCUT2D eigenvalue weighted by Crippen LogP contribution is 2.21. The number of halogens is 3. The third-order valence-corrected chi connectivity index (χ3v) is 1.45. The Morgan fingerprint density at radius 2 is 1.93 bits per heavy atom. The molecule has 14 heavy (non-hydrogen) atoms. The molecule has 0 saturated carbocycles. The topological polar surface area (TPSA) is 55.1 Å². The van der Waals surface area contributed by atoms with Crippen LogP contribution in [0.15, 0.2) is 0 Å². The molecule has 2 unspecified atom stereocenters. The molecule has 0 heterocycles. The zero-order valence-electron chi connectivity index (χ0n) is 8.19. The largest absolute Gasteiger partial charge is 0.391 e. The minimum Gasteiger partial charge on any atom is -0.353 e. The van der Waals surface area contributed by atoms with Crippen molar-refractivity contribution in [2.24, 2.45) is 5.73 Å². The van der Waals surface area contributed by atoms with E-state index >= 15 is 0 Å². The van der Waals surface area contributed by atoms with Gasteiger partial charge in [-0.15, -0.1) is 0 Å². The third kappa shape index (κ3) is 7.85. The summed E-state index contributed by atoms with van der Waals surface area (Å²) in [6, 6.07) is -1.24. The van der Waals surface area contributed by atoms with Crippen molar-refractivity contribution in [3.05, 3.63) is 0 Å². The van der Waals surface area contributed by atoms with Crippen molar-refractivity contribution >= 4 is 5.91 Å². The quantitative estimate of drug-likeness (QED) is 0.735. The molecule has 0 radical (unpaired) electrons. The number of nitrogens with one attached hydrogen (secondary N) is 1. The first-order chi connectivity index (χ1) is 6.20. The fourth-order valence-electron chi connectivity index (χ4n) is 1.02. The Labute approximate surface area is 80.8 Å². The van der Waals surface area contributed by atoms with Gasteiger partial charge in [0.2, 0.25) is 5.91 Å². The van der Waals surface area contributed by atoms with Gasteiger partial charge in [-0.3, -0.25) is 4.79 Å². The van der Waals surface area contributed by atoms with Crippen LogP contribution in [-0.2, 0) is 4.79 Å². The van der Waals surface area contributed by atoms with Crippen LogP contribution >= 0.6 is 0 Å². The van der Waals surface area contributed by atoms with E-state index in [1.807, 2.05) is 0 Å². The number of hydrogen-bond donors (Lipinski definition) is 2. The SMILES string of the molecule is CC(N)CC(=O)NC(C)CC(F)(F)F. The number of rotatable bonds is 4. The Morgan fingerprint density at radius 1 is 1.43 bits per heavy atom. The van der Waals surface area contributed by atoms with Crippen molar-refractivity contribution in [2.45, 2.75) is 44.9 Å². The van der Waals surface area contributed by atoms with E-state index in [-0.39, 0.29) is 12.5 Å². The Balaban J connectivity index is 3.83. The normalized spacial score (nSPS) is 16.1. The maximum absolute atomic E-state index is 11.8. The highest BCUT2D eigenvalue weighted by Gasteiger charge is 2.30. The lowest BCUT2D eigenvalue weighted by atomic mass is 10.2. The molecule has 6 heteroatoms. The predicted molar refractivity (Wildman–Crippen MR) is 46.5 cm³/mol. The fourth-order valence-corrected chi connectivity index (χ4v) is 1.02. The van der Waals surface area contributed by atoms with Crippen LogP contribution in [0, 0.1) is 0 Å². The molecule has 0 bridgehead atoms. The molecule has 0 aliphatic heterocycles. The maximum Gasteiger partial charge on any atom is 0.391 e. The lowest BCUT2D eigenvalue weighted by molar-refractivity contribution is -0.141. The molecule has 0 aliphatic rings. The molecule has 0 aromatic carbocycles. The molecule has 3 nitrogen and oxygen atoms in total. The van der Waals surface area contributed by atoms with Crippen molar-refractivity contribution in [1.82, 2.24) is 5.32 Å². The molecular weight excluding hydrogens is 197 g/mol. The minimum absolute atomic E-state index is 0.0438. The van der Waals surface area contributed by atoms with Crippen LogP contribution in [0.4, 0.5) is 13.2 Å². The molecule has 3 N–H and O–H groups in total. The average Bonchev–Trinajstić information content (AvgIpc) is 1.77. The molecule has 2 atom stereocenters. The first-order valence-corrected chi connectivity index (χ1v) is 4.32. The lowest BCUT2D eigenvalue weighted by Crippen LogP contribution is -2.38. The number of alkyl halides is 3. The van der Waals surface area contributed by atoms with Crippen LogP contribution < -0.4 is 11.1 Å². The summed E-state index contributed by atoms with van der Waals surface area (Å²) in [6.45, 7) is 2.93. The van der Waals surface area contributed by atoms with Crippen LogP contribution in [0.3, 0.4) is 0 Å². The van der Waals surface area contributed by atoms with Gasteiger partial charge < -0.3 is 11.1 Å². The summed E-state index contributed by atoms with van der Waals surface area (Å²) in [5.41, 5.74) is 5.31. The smallest absolute Gasteiger partial charge is 0.353 e. The standard InChI is InChI=1S/C8H15F3N2O/c1-5(12)3-7(14)13-6(2)4-8(9,10)11/h5-6H,3-4,12H2,1-2H3,(H,13,14). The molecule has 0 saturated heterocycles. The van der Waals surface area contributed by atoms with Gasteiger partial charge in [-0.25, -0.2) is 0 Å². The highest BCUT2D eigenvalue weighted by atomic mass is 19.4. The van der Waals surface area contributed by atoms with E-state index in [2.05, 4.69) is 5.32 Å². The van der Waals surface area contributed by atoms with Crippen molar-refractivity contribution < 1.29 is 18.0 Å². The first kappa shape index (κ1) is 13.2. The zero-order valence-corrected chi connectivity index (χ0v) is 8.19. The van der Waals surface area contributed by atoms with Gasteiger partial charge in [0.25, 0.3) is 0 Å². The van der Waals surface area contributed by atoms with Crippen LogP contribution in [0.5, 0.6) is 0 Å². The summed E-state index contributed by atoms with van der Waals surface area (Å²) in [5, 5.41) is 2.23. The van der Waals surface area contributed by atoms with Gasteiger partial charge in [0.05, 0.1) is 6.42 Å². The fraction of sp³-hybridized carbons (Fsp3) is 0.875. The number of carbonyl (C=O) groups is 1. The van der Waals surface area contributed by atoms with Crippen molar-refractivity contribution in [2.75, 3.05) is 0 Å². The van der Waals surface area contributed by atoms with Crippen molar-refractivity contribution in [3.63, 3.8) is 0 Å². The number of carbonyl (C=O) groups excluding carboxylic acids is 1. The van der Waals surface area contributed by atoms with E-state index < -0.39 is 24.5 Å². The first-order valence-electron chi connectivity index (χ1n) is 4.32. The molecule has 0 aromatic heterocycles. The summed E-state index contributed by atoms with van der Waals surface area (Å²) >= 11 is 0. The molecule has 0 fully saturated rings. The van der Waals surface area contributed by atoms with E-state index in [1.54, 1.807) is 6.92 Å². The Bertz CT molecular complexity index is 192. The second-order valence-electron chi connectivity index (χ2n) is 3.47. The average molecular weight is 212 g/mol. The van der Waals surface area contributed by atoms with E-state index in [9.17, 15) is 18.0 Å². The van der Waals surface area contributed by atoms with E-state index in [0.717, 1.165) is 0 Å². The summed E-state index contributed by atoms with van der Waals surface area (Å²) < 4.78 is 35.5. The van der Waals surface area contributed by atoms with Gasteiger partial charge in [-0.05, 0) is 13.8 Å². The minimum atomic E-state index is -4.25. The highest BCUT2D eigenvalue weighted by molar-refractivity contribution is 5.76. The summed E-state index contributed by atoms with van der Waals surface area (Å²) in [5.74, 6) is -0.447. The molecule has 84 valence electrons. The number of hydrogen-bond acceptors (Lipinski definition) is 2. The molecule has 0 spiro atoms. The van der Waals surface area contributed by atoms with Crippen molar-refractivity contribution in [3.8, 4) is 0 Å². The summed E-state index contributed by atoms with van der Waals surface area (Å²) in [4.78, 5) is 11.0. The van der Waals surface area contributed by atoms with Crippen LogP contribution in [-0.4, -0.2) is 24.2 Å². The Kier molecular flexibility index (Phi) is 4.90. The van der Waals surface area contributed by atoms with E-state index in [0.29, 0.717) is 0 Å². The number of amides is 1. The van der Waals surface area contributed by atoms with Gasteiger partial charge >= 0.3 is 6.18 Å². The van der Waals surface area contributed by atoms with Gasteiger partial charge in [-0.2, -0.15) is 13.2 Å². The Hall–Kier alpha value is -0.780. The van der Waals surface area contributed by atoms with Gasteiger partial charge in [-0.1, -0.05) is 0 Å². The lowest BCUT2D eigenvalue weighted by Gasteiger charge is -2.16. The zero-order chi connectivity index (χ0) is 11.4. The molecule has 0 aliphatic carbocycles. The second kappa shape index (κ2) is 5.19. The Morgan fingerprint density at radius 3 is 2.29 bits per heavy atom. The van der Waals surface area contributed by atoms with Crippen LogP contribution in [0.1, 0.15) is 26.7 Å². The summed E-state index contributed by atoms with van der Waals surface area (Å²) in [7, 11) is 0. The maximum atomic E-state index is 11.8. The number of nitrogens with two attached hydrogens (primary N) is 1. The molecule has 0 aromatic rings. The van der Waals surface area contributed by atoms with Crippen LogP contribution in [0.25, 0.3) is 0 Å². The summed E-state index contributed by atoms with van der Waals surface area (Å²) in [6.07, 6.45) is -5.22. The predicted octanol–water partition coefficient (Wildman–Crippen LogP) is 1.18.